The predicted octanol–water partition coefficient (Wildman–Crippen LogP) is 4.43. The molecule has 0 aliphatic heterocycles. The van der Waals surface area contributed by atoms with E-state index in [9.17, 15) is 0 Å². The maximum atomic E-state index is 6.31. The summed E-state index contributed by atoms with van der Waals surface area (Å²) in [6, 6.07) is 15.8. The summed E-state index contributed by atoms with van der Waals surface area (Å²) in [5.41, 5.74) is 4.40. The Morgan fingerprint density at radius 2 is 1.55 bits per heavy atom. The van der Waals surface area contributed by atoms with Crippen LogP contribution in [0, 0.1) is 0 Å². The molecule has 0 amide bonds. The number of aromatic nitrogens is 3. The van der Waals surface area contributed by atoms with E-state index in [2.05, 4.69) is 15.0 Å². The predicted molar refractivity (Wildman–Crippen MR) is 81.8 cm³/mol. The SMILES string of the molecule is Clc1nc2ccccc2nc1-c1c[nH]c2ccccc12. The lowest BCUT2D eigenvalue weighted by molar-refractivity contribution is 1.29. The van der Waals surface area contributed by atoms with Crippen LogP contribution in [0.1, 0.15) is 0 Å². The van der Waals surface area contributed by atoms with Gasteiger partial charge in [-0.1, -0.05) is 41.9 Å². The van der Waals surface area contributed by atoms with Crippen molar-refractivity contribution in [2.45, 2.75) is 0 Å². The Balaban J connectivity index is 2.04. The molecule has 0 aliphatic rings. The molecule has 0 bridgehead atoms. The average molecular weight is 280 g/mol. The van der Waals surface area contributed by atoms with E-state index < -0.39 is 0 Å². The highest BCUT2D eigenvalue weighted by atomic mass is 35.5. The lowest BCUT2D eigenvalue weighted by Crippen LogP contribution is -1.90. The second-order valence-electron chi connectivity index (χ2n) is 4.60. The van der Waals surface area contributed by atoms with Crippen LogP contribution in [0.4, 0.5) is 0 Å². The van der Waals surface area contributed by atoms with Crippen molar-refractivity contribution in [3.05, 3.63) is 59.9 Å². The van der Waals surface area contributed by atoms with E-state index in [4.69, 9.17) is 11.6 Å². The number of benzene rings is 2. The molecule has 4 rings (SSSR count). The largest absolute Gasteiger partial charge is 0.360 e. The molecule has 0 spiro atoms. The second kappa shape index (κ2) is 4.32. The van der Waals surface area contributed by atoms with E-state index in [1.54, 1.807) is 0 Å². The lowest BCUT2D eigenvalue weighted by Gasteiger charge is -2.04. The van der Waals surface area contributed by atoms with Crippen LogP contribution in [0.25, 0.3) is 33.2 Å². The van der Waals surface area contributed by atoms with Gasteiger partial charge in [0.05, 0.1) is 11.0 Å². The van der Waals surface area contributed by atoms with Gasteiger partial charge in [-0.05, 0) is 18.2 Å². The molecule has 2 aromatic heterocycles. The van der Waals surface area contributed by atoms with Crippen LogP contribution in [0.15, 0.2) is 54.7 Å². The van der Waals surface area contributed by atoms with Gasteiger partial charge in [0.15, 0.2) is 5.15 Å². The number of hydrogen-bond donors (Lipinski definition) is 1. The Morgan fingerprint density at radius 1 is 0.850 bits per heavy atom. The molecule has 2 heterocycles. The molecule has 96 valence electrons. The summed E-state index contributed by atoms with van der Waals surface area (Å²) in [4.78, 5) is 12.3. The van der Waals surface area contributed by atoms with Gasteiger partial charge in [-0.25, -0.2) is 9.97 Å². The highest BCUT2D eigenvalue weighted by Crippen LogP contribution is 2.32. The first kappa shape index (κ1) is 11.4. The molecule has 0 aliphatic carbocycles. The standard InChI is InChI=1S/C16H10ClN3/c17-16-15(19-13-7-3-4-8-14(13)20-16)11-9-18-12-6-2-1-5-10(11)12/h1-9,18H. The van der Waals surface area contributed by atoms with Gasteiger partial charge in [-0.3, -0.25) is 0 Å². The molecule has 3 nitrogen and oxygen atoms in total. The number of halogens is 1. The van der Waals surface area contributed by atoms with Crippen LogP contribution < -0.4 is 0 Å². The third-order valence-corrected chi connectivity index (χ3v) is 3.64. The van der Waals surface area contributed by atoms with Gasteiger partial charge in [0.1, 0.15) is 5.69 Å². The monoisotopic (exact) mass is 279 g/mol. The van der Waals surface area contributed by atoms with Crippen molar-refractivity contribution in [2.24, 2.45) is 0 Å². The minimum Gasteiger partial charge on any atom is -0.360 e. The van der Waals surface area contributed by atoms with Crippen LogP contribution in [0.5, 0.6) is 0 Å². The van der Waals surface area contributed by atoms with E-state index in [0.717, 1.165) is 27.5 Å². The van der Waals surface area contributed by atoms with E-state index in [-0.39, 0.29) is 0 Å². The van der Waals surface area contributed by atoms with Crippen LogP contribution >= 0.6 is 11.6 Å². The van der Waals surface area contributed by atoms with Crippen molar-refractivity contribution >= 4 is 33.5 Å². The van der Waals surface area contributed by atoms with Gasteiger partial charge in [0.2, 0.25) is 0 Å². The molecule has 4 aromatic rings. The Labute approximate surface area is 120 Å². The fraction of sp³-hybridized carbons (Fsp3) is 0. The fourth-order valence-corrected chi connectivity index (χ4v) is 2.65. The minimum absolute atomic E-state index is 0.424. The molecule has 4 heteroatoms. The third-order valence-electron chi connectivity index (χ3n) is 3.37. The molecule has 20 heavy (non-hydrogen) atoms. The molecule has 0 radical (unpaired) electrons. The number of hydrogen-bond acceptors (Lipinski definition) is 2. The van der Waals surface area contributed by atoms with Crippen LogP contribution in [0.3, 0.4) is 0 Å². The summed E-state index contributed by atoms with van der Waals surface area (Å²) in [6.45, 7) is 0. The summed E-state index contributed by atoms with van der Waals surface area (Å²) in [5, 5.41) is 1.52. The summed E-state index contributed by atoms with van der Waals surface area (Å²) in [6.07, 6.45) is 1.93. The summed E-state index contributed by atoms with van der Waals surface area (Å²) >= 11 is 6.31. The molecular weight excluding hydrogens is 270 g/mol. The van der Waals surface area contributed by atoms with Gasteiger partial charge < -0.3 is 4.98 Å². The first-order valence-electron chi connectivity index (χ1n) is 6.32. The van der Waals surface area contributed by atoms with Crippen molar-refractivity contribution in [1.29, 1.82) is 0 Å². The van der Waals surface area contributed by atoms with Crippen molar-refractivity contribution in [1.82, 2.24) is 15.0 Å². The maximum absolute atomic E-state index is 6.31. The molecule has 0 saturated carbocycles. The quantitative estimate of drug-likeness (QED) is 0.560. The number of nitrogens with zero attached hydrogens (tertiary/aromatic N) is 2. The normalized spacial score (nSPS) is 11.2. The van der Waals surface area contributed by atoms with Crippen molar-refractivity contribution < 1.29 is 0 Å². The molecule has 1 N–H and O–H groups in total. The summed E-state index contributed by atoms with van der Waals surface area (Å²) in [5.74, 6) is 0. The molecule has 0 unspecified atom stereocenters. The molecule has 0 saturated heterocycles. The topological polar surface area (TPSA) is 41.6 Å². The minimum atomic E-state index is 0.424. The zero-order valence-electron chi connectivity index (χ0n) is 10.5. The first-order valence-corrected chi connectivity index (χ1v) is 6.69. The highest BCUT2D eigenvalue weighted by Gasteiger charge is 2.13. The van der Waals surface area contributed by atoms with Gasteiger partial charge in [0, 0.05) is 22.7 Å². The van der Waals surface area contributed by atoms with E-state index in [1.165, 1.54) is 0 Å². The second-order valence-corrected chi connectivity index (χ2v) is 4.96. The number of fused-ring (bicyclic) bond motifs is 2. The Kier molecular flexibility index (Phi) is 2.47. The lowest BCUT2D eigenvalue weighted by atomic mass is 10.1. The summed E-state index contributed by atoms with van der Waals surface area (Å²) in [7, 11) is 0. The first-order chi connectivity index (χ1) is 9.83. The Morgan fingerprint density at radius 3 is 2.40 bits per heavy atom. The fourth-order valence-electron chi connectivity index (χ4n) is 2.42. The number of H-pyrrole nitrogens is 1. The maximum Gasteiger partial charge on any atom is 0.156 e. The van der Waals surface area contributed by atoms with Gasteiger partial charge in [0.25, 0.3) is 0 Å². The van der Waals surface area contributed by atoms with Crippen LogP contribution in [0.2, 0.25) is 5.15 Å². The average Bonchev–Trinajstić information content (AvgIpc) is 2.90. The van der Waals surface area contributed by atoms with Gasteiger partial charge in [-0.2, -0.15) is 0 Å². The highest BCUT2D eigenvalue weighted by molar-refractivity contribution is 6.32. The molecule has 0 atom stereocenters. The van der Waals surface area contributed by atoms with Gasteiger partial charge in [-0.15, -0.1) is 0 Å². The number of aromatic amines is 1. The molecule has 0 fully saturated rings. The Bertz CT molecular complexity index is 927. The number of nitrogens with one attached hydrogen (secondary N) is 1. The number of rotatable bonds is 1. The van der Waals surface area contributed by atoms with Gasteiger partial charge >= 0.3 is 0 Å². The van der Waals surface area contributed by atoms with E-state index in [0.29, 0.717) is 10.8 Å². The van der Waals surface area contributed by atoms with Crippen molar-refractivity contribution in [3.63, 3.8) is 0 Å². The van der Waals surface area contributed by atoms with E-state index >= 15 is 0 Å². The zero-order chi connectivity index (χ0) is 13.5. The zero-order valence-corrected chi connectivity index (χ0v) is 11.2. The summed E-state index contributed by atoms with van der Waals surface area (Å²) < 4.78 is 0. The van der Waals surface area contributed by atoms with Crippen molar-refractivity contribution in [3.8, 4) is 11.3 Å². The number of para-hydroxylation sites is 3. The molecular formula is C16H10ClN3. The third kappa shape index (κ3) is 1.67. The smallest absolute Gasteiger partial charge is 0.156 e. The van der Waals surface area contributed by atoms with Crippen LogP contribution in [-0.4, -0.2) is 15.0 Å². The van der Waals surface area contributed by atoms with E-state index in [1.807, 2.05) is 54.7 Å². The molecule has 2 aromatic carbocycles. The van der Waals surface area contributed by atoms with Crippen molar-refractivity contribution in [2.75, 3.05) is 0 Å². The van der Waals surface area contributed by atoms with Crippen LogP contribution in [-0.2, 0) is 0 Å². The Hall–Kier alpha value is -2.39.